The molecule has 0 N–H and O–H groups in total. The Morgan fingerprint density at radius 3 is 2.34 bits per heavy atom. The summed E-state index contributed by atoms with van der Waals surface area (Å²) in [6.45, 7) is 6.15. The molecular weight excluding hydrogens is 402 g/mol. The van der Waals surface area contributed by atoms with E-state index in [2.05, 4.69) is 41.0 Å². The minimum Gasteiger partial charge on any atom is -0.376 e. The molecule has 166 valence electrons. The zero-order valence-electron chi connectivity index (χ0n) is 18.5. The van der Waals surface area contributed by atoms with Crippen LogP contribution in [0.4, 0.5) is 5.69 Å². The average molecular weight is 432 g/mol. The SMILES string of the molecule is Cc1cccc(N2CCN(C3=C(c4ccccc4)C(=O)N(CC4CCCO4)C3=O)CC2)c1. The van der Waals surface area contributed by atoms with Crippen molar-refractivity contribution in [3.63, 3.8) is 0 Å². The Balaban J connectivity index is 1.41. The molecule has 3 aliphatic heterocycles. The first-order valence-electron chi connectivity index (χ1n) is 11.5. The van der Waals surface area contributed by atoms with E-state index in [1.165, 1.54) is 16.2 Å². The molecule has 3 heterocycles. The molecule has 2 fully saturated rings. The van der Waals surface area contributed by atoms with E-state index in [1.54, 1.807) is 0 Å². The number of rotatable bonds is 5. The fourth-order valence-electron chi connectivity index (χ4n) is 4.89. The van der Waals surface area contributed by atoms with Gasteiger partial charge in [0, 0.05) is 38.5 Å². The standard InChI is InChI=1S/C26H29N3O3/c1-19-7-5-10-21(17-19)27-12-14-28(15-13-27)24-23(20-8-3-2-4-9-20)25(30)29(26(24)31)18-22-11-6-16-32-22/h2-5,7-10,17,22H,6,11-16,18H2,1H3. The lowest BCUT2D eigenvalue weighted by atomic mass is 10.0. The minimum atomic E-state index is -0.201. The van der Waals surface area contributed by atoms with Gasteiger partial charge in [0.1, 0.15) is 5.70 Å². The molecule has 2 saturated heterocycles. The molecule has 0 spiro atoms. The average Bonchev–Trinajstić information content (AvgIpc) is 3.42. The van der Waals surface area contributed by atoms with E-state index in [1.807, 2.05) is 30.3 Å². The summed E-state index contributed by atoms with van der Waals surface area (Å²) in [7, 11) is 0. The molecule has 5 rings (SSSR count). The summed E-state index contributed by atoms with van der Waals surface area (Å²) >= 11 is 0. The predicted molar refractivity (Wildman–Crippen MR) is 124 cm³/mol. The van der Waals surface area contributed by atoms with Crippen molar-refractivity contribution in [2.75, 3.05) is 44.2 Å². The van der Waals surface area contributed by atoms with Crippen LogP contribution in [0.3, 0.4) is 0 Å². The van der Waals surface area contributed by atoms with Crippen LogP contribution < -0.4 is 4.90 Å². The molecule has 6 nitrogen and oxygen atoms in total. The number of imide groups is 1. The first-order valence-corrected chi connectivity index (χ1v) is 11.5. The zero-order valence-corrected chi connectivity index (χ0v) is 18.5. The smallest absolute Gasteiger partial charge is 0.277 e. The largest absolute Gasteiger partial charge is 0.376 e. The monoisotopic (exact) mass is 431 g/mol. The number of carbonyl (C=O) groups is 2. The molecule has 2 aromatic rings. The molecule has 6 heteroatoms. The van der Waals surface area contributed by atoms with Gasteiger partial charge in [-0.15, -0.1) is 0 Å². The second kappa shape index (κ2) is 8.79. The van der Waals surface area contributed by atoms with Crippen LogP contribution in [0.15, 0.2) is 60.3 Å². The summed E-state index contributed by atoms with van der Waals surface area (Å²) in [6, 6.07) is 18.1. The quantitative estimate of drug-likeness (QED) is 0.681. The molecule has 1 atom stereocenters. The summed E-state index contributed by atoms with van der Waals surface area (Å²) in [5.74, 6) is -0.388. The van der Waals surface area contributed by atoms with Crippen molar-refractivity contribution in [2.45, 2.75) is 25.9 Å². The van der Waals surface area contributed by atoms with Crippen LogP contribution in [0.5, 0.6) is 0 Å². The van der Waals surface area contributed by atoms with Gasteiger partial charge in [0.25, 0.3) is 11.8 Å². The van der Waals surface area contributed by atoms with Crippen molar-refractivity contribution in [3.8, 4) is 0 Å². The molecule has 3 aliphatic rings. The Morgan fingerprint density at radius 2 is 1.66 bits per heavy atom. The highest BCUT2D eigenvalue weighted by Crippen LogP contribution is 2.33. The molecular formula is C26H29N3O3. The van der Waals surface area contributed by atoms with Crippen molar-refractivity contribution >= 4 is 23.1 Å². The van der Waals surface area contributed by atoms with Gasteiger partial charge in [0.15, 0.2) is 0 Å². The van der Waals surface area contributed by atoms with Gasteiger partial charge in [-0.25, -0.2) is 0 Å². The van der Waals surface area contributed by atoms with Crippen molar-refractivity contribution in [1.29, 1.82) is 0 Å². The third-order valence-electron chi connectivity index (χ3n) is 6.58. The Kier molecular flexibility index (Phi) is 5.70. The minimum absolute atomic E-state index is 0.0579. The van der Waals surface area contributed by atoms with Crippen molar-refractivity contribution < 1.29 is 14.3 Å². The fraction of sp³-hybridized carbons (Fsp3) is 0.385. The van der Waals surface area contributed by atoms with E-state index in [-0.39, 0.29) is 17.9 Å². The van der Waals surface area contributed by atoms with Gasteiger partial charge >= 0.3 is 0 Å². The van der Waals surface area contributed by atoms with Crippen molar-refractivity contribution in [1.82, 2.24) is 9.80 Å². The summed E-state index contributed by atoms with van der Waals surface area (Å²) < 4.78 is 5.72. The number of ether oxygens (including phenoxy) is 1. The molecule has 1 unspecified atom stereocenters. The van der Waals surface area contributed by atoms with Gasteiger partial charge in [-0.3, -0.25) is 14.5 Å². The van der Waals surface area contributed by atoms with E-state index in [0.717, 1.165) is 31.5 Å². The number of hydrogen-bond donors (Lipinski definition) is 0. The van der Waals surface area contributed by atoms with E-state index >= 15 is 0 Å². The van der Waals surface area contributed by atoms with Crippen LogP contribution in [0.1, 0.15) is 24.0 Å². The number of benzene rings is 2. The number of amides is 2. The summed E-state index contributed by atoms with van der Waals surface area (Å²) in [5, 5.41) is 0. The number of piperazine rings is 1. The topological polar surface area (TPSA) is 53.1 Å². The van der Waals surface area contributed by atoms with Crippen LogP contribution in [0.25, 0.3) is 5.57 Å². The molecule has 2 aromatic carbocycles. The number of hydrogen-bond acceptors (Lipinski definition) is 5. The summed E-state index contributed by atoms with van der Waals surface area (Å²) in [4.78, 5) is 32.8. The van der Waals surface area contributed by atoms with Gasteiger partial charge in [-0.05, 0) is 43.0 Å². The van der Waals surface area contributed by atoms with E-state index in [0.29, 0.717) is 37.5 Å². The Hall–Kier alpha value is -3.12. The third-order valence-corrected chi connectivity index (χ3v) is 6.58. The van der Waals surface area contributed by atoms with Crippen molar-refractivity contribution in [2.24, 2.45) is 0 Å². The molecule has 2 amide bonds. The highest BCUT2D eigenvalue weighted by atomic mass is 16.5. The van der Waals surface area contributed by atoms with Crippen molar-refractivity contribution in [3.05, 3.63) is 71.4 Å². The second-order valence-corrected chi connectivity index (χ2v) is 8.76. The van der Waals surface area contributed by atoms with Gasteiger partial charge in [-0.2, -0.15) is 0 Å². The van der Waals surface area contributed by atoms with Gasteiger partial charge in [0.05, 0.1) is 18.2 Å². The first-order chi connectivity index (χ1) is 15.6. The Morgan fingerprint density at radius 1 is 0.906 bits per heavy atom. The second-order valence-electron chi connectivity index (χ2n) is 8.76. The lowest BCUT2D eigenvalue weighted by molar-refractivity contribution is -0.139. The van der Waals surface area contributed by atoms with Gasteiger partial charge in [-0.1, -0.05) is 42.5 Å². The summed E-state index contributed by atoms with van der Waals surface area (Å²) in [5.41, 5.74) is 4.31. The van der Waals surface area contributed by atoms with Crippen LogP contribution in [-0.4, -0.2) is 67.0 Å². The predicted octanol–water partition coefficient (Wildman–Crippen LogP) is 3.08. The van der Waals surface area contributed by atoms with E-state index < -0.39 is 0 Å². The zero-order chi connectivity index (χ0) is 22.1. The number of anilines is 1. The first kappa shape index (κ1) is 20.8. The van der Waals surface area contributed by atoms with E-state index in [4.69, 9.17) is 4.74 Å². The highest BCUT2D eigenvalue weighted by molar-refractivity contribution is 6.35. The normalized spacial score (nSPS) is 21.8. The molecule has 0 bridgehead atoms. The summed E-state index contributed by atoms with van der Waals surface area (Å²) in [6.07, 6.45) is 1.81. The number of carbonyl (C=O) groups excluding carboxylic acids is 2. The van der Waals surface area contributed by atoms with E-state index in [9.17, 15) is 9.59 Å². The molecule has 0 radical (unpaired) electrons. The maximum Gasteiger partial charge on any atom is 0.277 e. The number of aryl methyl sites for hydroxylation is 1. The van der Waals surface area contributed by atoms with Gasteiger partial charge in [0.2, 0.25) is 0 Å². The highest BCUT2D eigenvalue weighted by Gasteiger charge is 2.43. The van der Waals surface area contributed by atoms with Crippen LogP contribution >= 0.6 is 0 Å². The fourth-order valence-corrected chi connectivity index (χ4v) is 4.89. The Bertz CT molecular complexity index is 1040. The maximum atomic E-state index is 13.5. The molecule has 0 aliphatic carbocycles. The molecule has 0 aromatic heterocycles. The lowest BCUT2D eigenvalue weighted by Crippen LogP contribution is -2.48. The van der Waals surface area contributed by atoms with Crippen LogP contribution in [0.2, 0.25) is 0 Å². The molecule has 32 heavy (non-hydrogen) atoms. The molecule has 0 saturated carbocycles. The van der Waals surface area contributed by atoms with Crippen LogP contribution in [0, 0.1) is 6.92 Å². The number of nitrogens with zero attached hydrogens (tertiary/aromatic N) is 3. The lowest BCUT2D eigenvalue weighted by Gasteiger charge is -2.38. The van der Waals surface area contributed by atoms with Gasteiger partial charge < -0.3 is 14.5 Å². The Labute approximate surface area is 189 Å². The third kappa shape index (κ3) is 3.91. The van der Waals surface area contributed by atoms with Crippen LogP contribution in [-0.2, 0) is 14.3 Å². The maximum absolute atomic E-state index is 13.5.